The van der Waals surface area contributed by atoms with Crippen LogP contribution in [0.15, 0.2) is 35.3 Å². The van der Waals surface area contributed by atoms with Crippen molar-refractivity contribution >= 4 is 0 Å². The Hall–Kier alpha value is -2.38. The highest BCUT2D eigenvalue weighted by atomic mass is 19.4. The van der Waals surface area contributed by atoms with E-state index in [0.29, 0.717) is 12.1 Å². The Balaban J connectivity index is 2.34. The number of rotatable bonds is 2. The number of H-pyrrole nitrogens is 1. The molecule has 2 rings (SSSR count). The fourth-order valence-corrected chi connectivity index (χ4v) is 1.34. The fourth-order valence-electron chi connectivity index (χ4n) is 1.34. The van der Waals surface area contributed by atoms with Gasteiger partial charge >= 0.3 is 6.18 Å². The number of ether oxygens (including phenoxy) is 1. The molecule has 0 atom stereocenters. The number of hydrogen-bond acceptors (Lipinski definition) is 3. The Labute approximate surface area is 103 Å². The Bertz CT molecular complexity index is 652. The maximum absolute atomic E-state index is 13.0. The standard InChI is InChI=1S/C11H6F4N2O2/c12-9-2-1-6(3-8(9)11(13,14)15)19-7-4-10(18)17-16-5-7/h1-5H,(H,17,18). The zero-order valence-electron chi connectivity index (χ0n) is 9.16. The predicted octanol–water partition coefficient (Wildman–Crippen LogP) is 2.72. The molecular formula is C11H6F4N2O2. The van der Waals surface area contributed by atoms with Crippen molar-refractivity contribution in [1.29, 1.82) is 0 Å². The first-order valence-corrected chi connectivity index (χ1v) is 4.95. The average Bonchev–Trinajstić information content (AvgIpc) is 2.30. The van der Waals surface area contributed by atoms with Gasteiger partial charge in [0.1, 0.15) is 11.6 Å². The van der Waals surface area contributed by atoms with E-state index in [1.165, 1.54) is 0 Å². The van der Waals surface area contributed by atoms with E-state index in [9.17, 15) is 22.4 Å². The van der Waals surface area contributed by atoms with E-state index in [-0.39, 0.29) is 11.5 Å². The van der Waals surface area contributed by atoms with Gasteiger partial charge in [-0.1, -0.05) is 0 Å². The topological polar surface area (TPSA) is 55.0 Å². The van der Waals surface area contributed by atoms with Crippen LogP contribution < -0.4 is 10.3 Å². The van der Waals surface area contributed by atoms with Crippen molar-refractivity contribution in [2.75, 3.05) is 0 Å². The van der Waals surface area contributed by atoms with Gasteiger partial charge < -0.3 is 4.74 Å². The van der Waals surface area contributed by atoms with Gasteiger partial charge in [-0.05, 0) is 18.2 Å². The molecule has 0 aliphatic rings. The van der Waals surface area contributed by atoms with E-state index in [1.807, 2.05) is 0 Å². The second-order valence-electron chi connectivity index (χ2n) is 3.52. The van der Waals surface area contributed by atoms with Gasteiger partial charge in [-0.15, -0.1) is 0 Å². The lowest BCUT2D eigenvalue weighted by Crippen LogP contribution is -2.08. The third-order valence-electron chi connectivity index (χ3n) is 2.12. The lowest BCUT2D eigenvalue weighted by Gasteiger charge is -2.10. The average molecular weight is 274 g/mol. The van der Waals surface area contributed by atoms with Crippen LogP contribution in [-0.2, 0) is 6.18 Å². The normalized spacial score (nSPS) is 11.4. The monoisotopic (exact) mass is 274 g/mol. The molecule has 1 aromatic heterocycles. The molecule has 1 N–H and O–H groups in total. The highest BCUT2D eigenvalue weighted by Gasteiger charge is 2.34. The molecule has 4 nitrogen and oxygen atoms in total. The molecule has 0 fully saturated rings. The third kappa shape index (κ3) is 3.09. The Kier molecular flexibility index (Phi) is 3.24. The van der Waals surface area contributed by atoms with Crippen LogP contribution >= 0.6 is 0 Å². The molecule has 0 bridgehead atoms. The molecule has 0 spiro atoms. The predicted molar refractivity (Wildman–Crippen MR) is 56.3 cm³/mol. The van der Waals surface area contributed by atoms with Crippen LogP contribution in [0, 0.1) is 5.82 Å². The molecule has 2 aromatic rings. The van der Waals surface area contributed by atoms with Gasteiger partial charge in [0.15, 0.2) is 5.75 Å². The quantitative estimate of drug-likeness (QED) is 0.857. The minimum atomic E-state index is -4.82. The number of alkyl halides is 3. The first kappa shape index (κ1) is 13.1. The molecular weight excluding hydrogens is 268 g/mol. The highest BCUT2D eigenvalue weighted by Crippen LogP contribution is 2.34. The van der Waals surface area contributed by atoms with Gasteiger partial charge in [-0.2, -0.15) is 18.3 Å². The van der Waals surface area contributed by atoms with Crippen molar-refractivity contribution < 1.29 is 22.3 Å². The van der Waals surface area contributed by atoms with Gasteiger partial charge in [-0.25, -0.2) is 9.49 Å². The van der Waals surface area contributed by atoms with Crippen LogP contribution in [0.2, 0.25) is 0 Å². The van der Waals surface area contributed by atoms with Crippen molar-refractivity contribution in [3.63, 3.8) is 0 Å². The summed E-state index contributed by atoms with van der Waals surface area (Å²) < 4.78 is 55.4. The van der Waals surface area contributed by atoms with E-state index in [0.717, 1.165) is 18.3 Å². The first-order valence-electron chi connectivity index (χ1n) is 4.95. The maximum atomic E-state index is 13.0. The summed E-state index contributed by atoms with van der Waals surface area (Å²) in [5.74, 6) is -1.70. The molecule has 0 unspecified atom stereocenters. The number of aromatic amines is 1. The largest absolute Gasteiger partial charge is 0.455 e. The Morgan fingerprint density at radius 3 is 2.53 bits per heavy atom. The molecule has 19 heavy (non-hydrogen) atoms. The van der Waals surface area contributed by atoms with E-state index in [4.69, 9.17) is 4.74 Å². The molecule has 0 radical (unpaired) electrons. The summed E-state index contributed by atoms with van der Waals surface area (Å²) in [6, 6.07) is 3.17. The lowest BCUT2D eigenvalue weighted by molar-refractivity contribution is -0.140. The fraction of sp³-hybridized carbons (Fsp3) is 0.0909. The molecule has 100 valence electrons. The summed E-state index contributed by atoms with van der Waals surface area (Å²) in [6.07, 6.45) is -3.71. The van der Waals surface area contributed by atoms with Crippen LogP contribution in [0.25, 0.3) is 0 Å². The Morgan fingerprint density at radius 1 is 1.16 bits per heavy atom. The molecule has 1 aromatic carbocycles. The minimum absolute atomic E-state index is 0.0523. The van der Waals surface area contributed by atoms with Crippen molar-refractivity contribution in [2.24, 2.45) is 0 Å². The van der Waals surface area contributed by atoms with Crippen molar-refractivity contribution in [1.82, 2.24) is 10.2 Å². The molecule has 0 aliphatic heterocycles. The smallest absolute Gasteiger partial charge is 0.419 e. The van der Waals surface area contributed by atoms with E-state index < -0.39 is 23.1 Å². The van der Waals surface area contributed by atoms with Gasteiger partial charge in [-0.3, -0.25) is 4.79 Å². The summed E-state index contributed by atoms with van der Waals surface area (Å²) in [5, 5.41) is 5.49. The number of benzene rings is 1. The van der Waals surface area contributed by atoms with Gasteiger partial charge in [0, 0.05) is 6.07 Å². The second kappa shape index (κ2) is 4.71. The van der Waals surface area contributed by atoms with Crippen molar-refractivity contribution in [2.45, 2.75) is 6.18 Å². The number of halogens is 4. The van der Waals surface area contributed by atoms with Crippen molar-refractivity contribution in [3.8, 4) is 11.5 Å². The zero-order chi connectivity index (χ0) is 14.0. The third-order valence-corrected chi connectivity index (χ3v) is 2.12. The van der Waals surface area contributed by atoms with E-state index in [1.54, 1.807) is 0 Å². The summed E-state index contributed by atoms with van der Waals surface area (Å²) in [4.78, 5) is 10.9. The summed E-state index contributed by atoms with van der Waals surface area (Å²) >= 11 is 0. The van der Waals surface area contributed by atoms with E-state index >= 15 is 0 Å². The SMILES string of the molecule is O=c1cc(Oc2ccc(F)c(C(F)(F)F)c2)cn[nH]1. The Morgan fingerprint density at radius 2 is 1.89 bits per heavy atom. The van der Waals surface area contributed by atoms with Crippen LogP contribution in [0.5, 0.6) is 11.5 Å². The number of hydrogen-bond donors (Lipinski definition) is 1. The first-order chi connectivity index (χ1) is 8.86. The molecule has 8 heteroatoms. The summed E-state index contributed by atoms with van der Waals surface area (Å²) in [7, 11) is 0. The molecule has 0 amide bonds. The summed E-state index contributed by atoms with van der Waals surface area (Å²) in [5.41, 5.74) is -2.02. The summed E-state index contributed by atoms with van der Waals surface area (Å²) in [6.45, 7) is 0. The highest BCUT2D eigenvalue weighted by molar-refractivity contribution is 5.34. The van der Waals surface area contributed by atoms with Gasteiger partial charge in [0.25, 0.3) is 5.56 Å². The number of nitrogens with zero attached hydrogens (tertiary/aromatic N) is 1. The maximum Gasteiger partial charge on any atom is 0.419 e. The minimum Gasteiger partial charge on any atom is -0.455 e. The van der Waals surface area contributed by atoms with Gasteiger partial charge in [0.2, 0.25) is 0 Å². The molecule has 0 saturated carbocycles. The van der Waals surface area contributed by atoms with Crippen LogP contribution in [0.1, 0.15) is 5.56 Å². The van der Waals surface area contributed by atoms with Crippen molar-refractivity contribution in [3.05, 3.63) is 52.2 Å². The second-order valence-corrected chi connectivity index (χ2v) is 3.52. The molecule has 0 aliphatic carbocycles. The number of aromatic nitrogens is 2. The van der Waals surface area contributed by atoms with Crippen LogP contribution in [0.4, 0.5) is 17.6 Å². The zero-order valence-corrected chi connectivity index (χ0v) is 9.16. The van der Waals surface area contributed by atoms with Gasteiger partial charge in [0.05, 0.1) is 11.8 Å². The lowest BCUT2D eigenvalue weighted by atomic mass is 10.2. The van der Waals surface area contributed by atoms with E-state index in [2.05, 4.69) is 10.2 Å². The molecule has 1 heterocycles. The van der Waals surface area contributed by atoms with Crippen LogP contribution in [-0.4, -0.2) is 10.2 Å². The molecule has 0 saturated heterocycles. The number of nitrogens with one attached hydrogen (secondary N) is 1. The van der Waals surface area contributed by atoms with Crippen LogP contribution in [0.3, 0.4) is 0 Å².